The zero-order chi connectivity index (χ0) is 8.55. The van der Waals surface area contributed by atoms with Crippen LogP contribution in [-0.2, 0) is 6.42 Å². The highest BCUT2D eigenvalue weighted by molar-refractivity contribution is 9.10. The molecule has 2 atom stereocenters. The van der Waals surface area contributed by atoms with E-state index in [1.165, 1.54) is 5.56 Å². The van der Waals surface area contributed by atoms with E-state index in [4.69, 9.17) is 4.42 Å². The van der Waals surface area contributed by atoms with E-state index in [1.54, 1.807) is 6.26 Å². The van der Waals surface area contributed by atoms with Crippen molar-refractivity contribution in [2.24, 2.45) is 5.92 Å². The van der Waals surface area contributed by atoms with Crippen LogP contribution in [0.5, 0.6) is 0 Å². The number of hydrogen-bond acceptors (Lipinski definition) is 2. The summed E-state index contributed by atoms with van der Waals surface area (Å²) in [5.74, 6) is 0.453. The first kappa shape index (κ1) is 8.32. The molecular formula is C9H11BrO2. The van der Waals surface area contributed by atoms with Crippen LogP contribution in [0.15, 0.2) is 21.4 Å². The van der Waals surface area contributed by atoms with Crippen molar-refractivity contribution in [1.82, 2.24) is 0 Å². The van der Waals surface area contributed by atoms with Crippen LogP contribution in [-0.4, -0.2) is 11.2 Å². The Morgan fingerprint density at radius 1 is 1.58 bits per heavy atom. The Hall–Kier alpha value is -0.280. The van der Waals surface area contributed by atoms with Crippen molar-refractivity contribution in [3.8, 4) is 0 Å². The molecule has 1 aliphatic carbocycles. The highest BCUT2D eigenvalue weighted by Gasteiger charge is 2.28. The summed E-state index contributed by atoms with van der Waals surface area (Å²) in [7, 11) is 0. The molecule has 66 valence electrons. The third-order valence-electron chi connectivity index (χ3n) is 2.50. The highest BCUT2D eigenvalue weighted by Crippen LogP contribution is 2.31. The molecule has 0 aliphatic heterocycles. The van der Waals surface area contributed by atoms with E-state index < -0.39 is 0 Å². The van der Waals surface area contributed by atoms with E-state index in [0.29, 0.717) is 5.92 Å². The average molecular weight is 231 g/mol. The van der Waals surface area contributed by atoms with E-state index in [9.17, 15) is 5.11 Å². The van der Waals surface area contributed by atoms with Crippen LogP contribution in [0.1, 0.15) is 18.4 Å². The first-order chi connectivity index (χ1) is 5.75. The second-order valence-electron chi connectivity index (χ2n) is 3.37. The van der Waals surface area contributed by atoms with Gasteiger partial charge in [-0.1, -0.05) is 0 Å². The summed E-state index contributed by atoms with van der Waals surface area (Å²) in [4.78, 5) is 0. The zero-order valence-corrected chi connectivity index (χ0v) is 8.25. The molecule has 1 fully saturated rings. The molecule has 1 N–H and O–H groups in total. The van der Waals surface area contributed by atoms with Crippen LogP contribution in [0.2, 0.25) is 0 Å². The van der Waals surface area contributed by atoms with E-state index in [-0.39, 0.29) is 6.10 Å². The zero-order valence-electron chi connectivity index (χ0n) is 6.66. The highest BCUT2D eigenvalue weighted by atomic mass is 79.9. The molecule has 2 rings (SSSR count). The molecule has 0 bridgehead atoms. The number of hydrogen-bond donors (Lipinski definition) is 1. The maximum atomic E-state index is 9.33. The quantitative estimate of drug-likeness (QED) is 0.847. The van der Waals surface area contributed by atoms with Gasteiger partial charge in [-0.05, 0) is 52.7 Å². The molecule has 12 heavy (non-hydrogen) atoms. The molecule has 0 amide bonds. The maximum absolute atomic E-state index is 9.33. The van der Waals surface area contributed by atoms with Crippen molar-refractivity contribution in [2.75, 3.05) is 0 Å². The Morgan fingerprint density at radius 3 is 2.83 bits per heavy atom. The van der Waals surface area contributed by atoms with Crippen molar-refractivity contribution in [3.63, 3.8) is 0 Å². The molecule has 2 unspecified atom stereocenters. The van der Waals surface area contributed by atoms with Gasteiger partial charge >= 0.3 is 0 Å². The first-order valence-corrected chi connectivity index (χ1v) is 4.96. The van der Waals surface area contributed by atoms with Crippen LogP contribution in [0.4, 0.5) is 0 Å². The second-order valence-corrected chi connectivity index (χ2v) is 4.15. The summed E-state index contributed by atoms with van der Waals surface area (Å²) in [6, 6.07) is 1.96. The van der Waals surface area contributed by atoms with E-state index in [2.05, 4.69) is 15.9 Å². The molecule has 1 aromatic rings. The Bertz CT molecular complexity index is 269. The predicted molar refractivity (Wildman–Crippen MR) is 48.8 cm³/mol. The maximum Gasteiger partial charge on any atom is 0.169 e. The molecule has 1 aromatic heterocycles. The number of aliphatic hydroxyl groups excluding tert-OH is 1. The van der Waals surface area contributed by atoms with Crippen molar-refractivity contribution in [3.05, 3.63) is 22.6 Å². The third-order valence-corrected chi connectivity index (χ3v) is 2.91. The molecule has 0 aromatic carbocycles. The lowest BCUT2D eigenvalue weighted by molar-refractivity contribution is 0.0243. The second kappa shape index (κ2) is 3.23. The van der Waals surface area contributed by atoms with Crippen molar-refractivity contribution < 1.29 is 9.52 Å². The monoisotopic (exact) mass is 230 g/mol. The van der Waals surface area contributed by atoms with Gasteiger partial charge in [-0.3, -0.25) is 0 Å². The van der Waals surface area contributed by atoms with E-state index in [0.717, 1.165) is 23.9 Å². The minimum atomic E-state index is -0.0846. The van der Waals surface area contributed by atoms with Gasteiger partial charge in [0.2, 0.25) is 0 Å². The summed E-state index contributed by atoms with van der Waals surface area (Å²) in [6.07, 6.45) is 4.71. The first-order valence-electron chi connectivity index (χ1n) is 4.16. The molecule has 3 heteroatoms. The molecule has 0 saturated heterocycles. The lowest BCUT2D eigenvalue weighted by Gasteiger charge is -2.31. The lowest BCUT2D eigenvalue weighted by atomic mass is 9.78. The number of aliphatic hydroxyl groups is 1. The van der Waals surface area contributed by atoms with Crippen LogP contribution >= 0.6 is 15.9 Å². The molecular weight excluding hydrogens is 220 g/mol. The standard InChI is InChI=1S/C9H11BrO2/c10-9-4-6(5-12-9)3-7-1-2-8(7)11/h4-5,7-8,11H,1-3H2. The molecule has 0 radical (unpaired) electrons. The molecule has 1 heterocycles. The minimum absolute atomic E-state index is 0.0846. The molecule has 0 spiro atoms. The molecule has 1 saturated carbocycles. The van der Waals surface area contributed by atoms with E-state index >= 15 is 0 Å². The number of halogens is 1. The predicted octanol–water partition coefficient (Wildman–Crippen LogP) is 2.36. The van der Waals surface area contributed by atoms with Crippen LogP contribution in [0.3, 0.4) is 0 Å². The van der Waals surface area contributed by atoms with Crippen molar-refractivity contribution in [2.45, 2.75) is 25.4 Å². The van der Waals surface area contributed by atoms with Gasteiger partial charge in [0.25, 0.3) is 0 Å². The Balaban J connectivity index is 1.95. The van der Waals surface area contributed by atoms with Crippen LogP contribution in [0.25, 0.3) is 0 Å². The SMILES string of the molecule is OC1CCC1Cc1coc(Br)c1. The van der Waals surface area contributed by atoms with Gasteiger partial charge in [0, 0.05) is 0 Å². The van der Waals surface area contributed by atoms with Crippen LogP contribution in [0, 0.1) is 5.92 Å². The smallest absolute Gasteiger partial charge is 0.169 e. The van der Waals surface area contributed by atoms with Gasteiger partial charge in [-0.2, -0.15) is 0 Å². The van der Waals surface area contributed by atoms with Gasteiger partial charge in [0.1, 0.15) is 0 Å². The summed E-state index contributed by atoms with van der Waals surface area (Å²) in [6.45, 7) is 0. The lowest BCUT2D eigenvalue weighted by Crippen LogP contribution is -2.32. The Kier molecular flexibility index (Phi) is 2.24. The Morgan fingerprint density at radius 2 is 2.42 bits per heavy atom. The fraction of sp³-hybridized carbons (Fsp3) is 0.556. The van der Waals surface area contributed by atoms with Gasteiger partial charge < -0.3 is 9.52 Å². The Labute approximate surface area is 79.7 Å². The fourth-order valence-electron chi connectivity index (χ4n) is 1.55. The van der Waals surface area contributed by atoms with Crippen molar-refractivity contribution in [1.29, 1.82) is 0 Å². The van der Waals surface area contributed by atoms with Gasteiger partial charge in [0.05, 0.1) is 12.4 Å². The number of rotatable bonds is 2. The molecule has 2 nitrogen and oxygen atoms in total. The summed E-state index contributed by atoms with van der Waals surface area (Å²) >= 11 is 3.25. The summed E-state index contributed by atoms with van der Waals surface area (Å²) in [5.41, 5.74) is 1.17. The van der Waals surface area contributed by atoms with Crippen LogP contribution < -0.4 is 0 Å². The minimum Gasteiger partial charge on any atom is -0.457 e. The largest absolute Gasteiger partial charge is 0.457 e. The topological polar surface area (TPSA) is 33.4 Å². The van der Waals surface area contributed by atoms with E-state index in [1.807, 2.05) is 6.07 Å². The fourth-order valence-corrected chi connectivity index (χ4v) is 1.93. The average Bonchev–Trinajstić information content (AvgIpc) is 2.44. The third kappa shape index (κ3) is 1.57. The van der Waals surface area contributed by atoms with Gasteiger partial charge in [-0.15, -0.1) is 0 Å². The van der Waals surface area contributed by atoms with Gasteiger partial charge in [-0.25, -0.2) is 0 Å². The normalized spacial score (nSPS) is 28.5. The summed E-state index contributed by atoms with van der Waals surface area (Å²) < 4.78 is 5.87. The summed E-state index contributed by atoms with van der Waals surface area (Å²) in [5, 5.41) is 9.33. The van der Waals surface area contributed by atoms with Crippen molar-refractivity contribution >= 4 is 15.9 Å². The number of furan rings is 1. The molecule has 1 aliphatic rings. The van der Waals surface area contributed by atoms with Gasteiger partial charge in [0.15, 0.2) is 4.67 Å².